The van der Waals surface area contributed by atoms with E-state index >= 15 is 0 Å². The lowest BCUT2D eigenvalue weighted by Crippen LogP contribution is -1.91. The van der Waals surface area contributed by atoms with Crippen molar-refractivity contribution in [3.63, 3.8) is 0 Å². The van der Waals surface area contributed by atoms with Gasteiger partial charge in [-0.15, -0.1) is 6.42 Å². The highest BCUT2D eigenvalue weighted by Crippen LogP contribution is 1.79. The summed E-state index contributed by atoms with van der Waals surface area (Å²) in [5, 5.41) is 0. The quantitative estimate of drug-likeness (QED) is 0.261. The van der Waals surface area contributed by atoms with E-state index in [9.17, 15) is 0 Å². The fraction of sp³-hybridized carbons (Fsp3) is 0.429. The first-order valence-electron chi connectivity index (χ1n) is 2.66. The molecule has 0 aromatic heterocycles. The van der Waals surface area contributed by atoms with Crippen LogP contribution in [0.3, 0.4) is 0 Å². The summed E-state index contributed by atoms with van der Waals surface area (Å²) in [6, 6.07) is 0. The number of nitrogens with zero attached hydrogens (tertiary/aromatic N) is 2. The molecule has 0 amide bonds. The minimum Gasteiger partial charge on any atom is -0.274 e. The Morgan fingerprint density at radius 2 is 2.00 bits per heavy atom. The molecule has 2 heteroatoms. The average molecular weight is 122 g/mol. The Kier molecular flexibility index (Phi) is 3.38. The molecule has 0 unspecified atom stereocenters. The summed E-state index contributed by atoms with van der Waals surface area (Å²) in [5.74, 6) is 3.11. The fourth-order valence-electron chi connectivity index (χ4n) is 0.325. The zero-order valence-corrected chi connectivity index (χ0v) is 5.97. The number of hydrogen-bond donors (Lipinski definition) is 0. The molecule has 0 aromatic rings. The molecule has 0 rings (SSSR count). The zero-order chi connectivity index (χ0) is 7.28. The van der Waals surface area contributed by atoms with Gasteiger partial charge in [-0.25, -0.2) is 4.99 Å². The van der Waals surface area contributed by atoms with Crippen LogP contribution in [0.25, 0.3) is 0 Å². The number of aliphatic imine (C=N–C) groups is 2. The van der Waals surface area contributed by atoms with Crippen molar-refractivity contribution in [3.8, 4) is 12.3 Å². The summed E-state index contributed by atoms with van der Waals surface area (Å²) in [4.78, 5) is 7.75. The lowest BCUT2D eigenvalue weighted by Gasteiger charge is -1.87. The minimum atomic E-state index is 0.665. The predicted molar refractivity (Wildman–Crippen MR) is 41.0 cm³/mol. The van der Waals surface area contributed by atoms with Gasteiger partial charge in [0, 0.05) is 7.05 Å². The summed E-state index contributed by atoms with van der Waals surface area (Å²) < 4.78 is 0. The van der Waals surface area contributed by atoms with E-state index in [0.29, 0.717) is 11.5 Å². The van der Waals surface area contributed by atoms with Crippen LogP contribution in [0.2, 0.25) is 0 Å². The summed E-state index contributed by atoms with van der Waals surface area (Å²) in [5.41, 5.74) is 0.665. The van der Waals surface area contributed by atoms with E-state index in [0.717, 1.165) is 0 Å². The van der Waals surface area contributed by atoms with Gasteiger partial charge in [0.15, 0.2) is 0 Å². The highest BCUT2D eigenvalue weighted by Gasteiger charge is 1.82. The second-order valence-electron chi connectivity index (χ2n) is 1.61. The number of rotatable bonds is 0. The summed E-state index contributed by atoms with van der Waals surface area (Å²) in [6.45, 7) is 3.58. The number of hydrogen-bond acceptors (Lipinski definition) is 1. The number of terminal acetylenes is 1. The molecular formula is C7H10N2. The van der Waals surface area contributed by atoms with E-state index in [1.807, 2.05) is 0 Å². The van der Waals surface area contributed by atoms with Crippen LogP contribution in [0, 0.1) is 12.3 Å². The normalized spacial score (nSPS) is 13.1. The second-order valence-corrected chi connectivity index (χ2v) is 1.61. The Morgan fingerprint density at radius 3 is 2.33 bits per heavy atom. The van der Waals surface area contributed by atoms with Crippen LogP contribution in [0.5, 0.6) is 0 Å². The van der Waals surface area contributed by atoms with Gasteiger partial charge in [-0.05, 0) is 13.8 Å². The minimum absolute atomic E-state index is 0.665. The van der Waals surface area contributed by atoms with Crippen LogP contribution < -0.4 is 0 Å². The lowest BCUT2D eigenvalue weighted by atomic mass is 10.4. The molecule has 0 radical (unpaired) electrons. The van der Waals surface area contributed by atoms with E-state index in [1.165, 1.54) is 0 Å². The molecule has 9 heavy (non-hydrogen) atoms. The van der Waals surface area contributed by atoms with Gasteiger partial charge in [0.25, 0.3) is 0 Å². The monoisotopic (exact) mass is 122 g/mol. The van der Waals surface area contributed by atoms with Crippen LogP contribution in [-0.4, -0.2) is 18.6 Å². The average Bonchev–Trinajstić information content (AvgIpc) is 1.87. The van der Waals surface area contributed by atoms with Gasteiger partial charge in [-0.3, -0.25) is 4.99 Å². The summed E-state index contributed by atoms with van der Waals surface area (Å²) in [6.07, 6.45) is 5.04. The van der Waals surface area contributed by atoms with Gasteiger partial charge in [0.1, 0.15) is 5.84 Å². The predicted octanol–water partition coefficient (Wildman–Crippen LogP) is 1.13. The molecule has 0 aliphatic heterocycles. The first-order chi connectivity index (χ1) is 4.20. The van der Waals surface area contributed by atoms with Gasteiger partial charge in [-0.1, -0.05) is 5.92 Å². The van der Waals surface area contributed by atoms with Gasteiger partial charge in [-0.2, -0.15) is 0 Å². The van der Waals surface area contributed by atoms with Gasteiger partial charge in [0.2, 0.25) is 0 Å². The number of amidine groups is 1. The summed E-state index contributed by atoms with van der Waals surface area (Å²) >= 11 is 0. The highest BCUT2D eigenvalue weighted by atomic mass is 14.9. The summed E-state index contributed by atoms with van der Waals surface area (Å²) in [7, 11) is 1.68. The third-order valence-electron chi connectivity index (χ3n) is 0.862. The molecule has 0 spiro atoms. The Balaban J connectivity index is 4.17. The maximum atomic E-state index is 5.04. The molecule has 0 N–H and O–H groups in total. The molecule has 0 aromatic carbocycles. The largest absolute Gasteiger partial charge is 0.274 e. The van der Waals surface area contributed by atoms with Gasteiger partial charge >= 0.3 is 0 Å². The van der Waals surface area contributed by atoms with Crippen molar-refractivity contribution in [2.75, 3.05) is 7.05 Å². The van der Waals surface area contributed by atoms with Crippen molar-refractivity contribution >= 4 is 11.5 Å². The molecule has 0 fully saturated rings. The maximum absolute atomic E-state index is 5.04. The molecular weight excluding hydrogens is 112 g/mol. The van der Waals surface area contributed by atoms with Crippen LogP contribution in [-0.2, 0) is 0 Å². The van der Waals surface area contributed by atoms with Crippen molar-refractivity contribution < 1.29 is 0 Å². The fourth-order valence-corrected chi connectivity index (χ4v) is 0.325. The van der Waals surface area contributed by atoms with E-state index in [1.54, 1.807) is 20.9 Å². The highest BCUT2D eigenvalue weighted by molar-refractivity contribution is 6.05. The van der Waals surface area contributed by atoms with Crippen LogP contribution in [0.15, 0.2) is 9.98 Å². The van der Waals surface area contributed by atoms with Crippen LogP contribution in [0.4, 0.5) is 0 Å². The second kappa shape index (κ2) is 3.85. The molecule has 0 saturated heterocycles. The molecule has 48 valence electrons. The Labute approximate surface area is 55.7 Å². The molecule has 0 atom stereocenters. The van der Waals surface area contributed by atoms with Crippen molar-refractivity contribution in [2.24, 2.45) is 9.98 Å². The van der Waals surface area contributed by atoms with E-state index in [-0.39, 0.29) is 0 Å². The maximum Gasteiger partial charge on any atom is 0.120 e. The Bertz CT molecular complexity index is 182. The van der Waals surface area contributed by atoms with Crippen molar-refractivity contribution in [1.82, 2.24) is 0 Å². The van der Waals surface area contributed by atoms with Crippen molar-refractivity contribution in [3.05, 3.63) is 0 Å². The third kappa shape index (κ3) is 3.48. The van der Waals surface area contributed by atoms with Crippen molar-refractivity contribution in [1.29, 1.82) is 0 Å². The molecule has 0 aliphatic rings. The Hall–Kier alpha value is -1.10. The first-order valence-corrected chi connectivity index (χ1v) is 2.66. The molecule has 0 saturated carbocycles. The molecule has 0 bridgehead atoms. The van der Waals surface area contributed by atoms with E-state index in [4.69, 9.17) is 6.42 Å². The SMILES string of the molecule is C#CC(C)=NC(C)=NC. The van der Waals surface area contributed by atoms with E-state index < -0.39 is 0 Å². The molecule has 0 heterocycles. The lowest BCUT2D eigenvalue weighted by molar-refractivity contribution is 1.38. The van der Waals surface area contributed by atoms with E-state index in [2.05, 4.69) is 15.9 Å². The van der Waals surface area contributed by atoms with Gasteiger partial charge < -0.3 is 0 Å². The van der Waals surface area contributed by atoms with Crippen molar-refractivity contribution in [2.45, 2.75) is 13.8 Å². The standard InChI is InChI=1S/C7H10N2/c1-5-6(2)9-7(3)8-4/h1H,2-4H3. The first kappa shape index (κ1) is 7.90. The Morgan fingerprint density at radius 1 is 1.44 bits per heavy atom. The topological polar surface area (TPSA) is 24.7 Å². The zero-order valence-electron chi connectivity index (χ0n) is 5.97. The van der Waals surface area contributed by atoms with Crippen LogP contribution in [0.1, 0.15) is 13.8 Å². The smallest absolute Gasteiger partial charge is 0.120 e. The molecule has 2 nitrogen and oxygen atoms in total. The van der Waals surface area contributed by atoms with Gasteiger partial charge in [0.05, 0.1) is 5.71 Å². The third-order valence-corrected chi connectivity index (χ3v) is 0.862. The van der Waals surface area contributed by atoms with Crippen LogP contribution >= 0.6 is 0 Å². The molecule has 0 aliphatic carbocycles.